The summed E-state index contributed by atoms with van der Waals surface area (Å²) in [6.45, 7) is 2.27. The number of hydrazine groups is 1. The Hall–Kier alpha value is -3.99. The van der Waals surface area contributed by atoms with Gasteiger partial charge in [-0.05, 0) is 67.6 Å². The average Bonchev–Trinajstić information content (AvgIpc) is 2.77. The van der Waals surface area contributed by atoms with Gasteiger partial charge < -0.3 is 4.74 Å². The smallest absolute Gasteiger partial charge is 0.269 e. The maximum Gasteiger partial charge on any atom is 0.269 e. The summed E-state index contributed by atoms with van der Waals surface area (Å²) in [5.41, 5.74) is 4.15. The molecule has 0 bridgehead atoms. The van der Waals surface area contributed by atoms with Crippen molar-refractivity contribution in [3.05, 3.63) is 89.5 Å². The number of sulfonamides is 1. The molecule has 0 aliphatic heterocycles. The van der Waals surface area contributed by atoms with Gasteiger partial charge in [-0.2, -0.15) is 0 Å². The summed E-state index contributed by atoms with van der Waals surface area (Å²) in [7, 11) is -3.86. The molecular weight excluding hydrogens is 456 g/mol. The van der Waals surface area contributed by atoms with Gasteiger partial charge in [0.05, 0.1) is 11.5 Å². The van der Waals surface area contributed by atoms with Crippen molar-refractivity contribution < 1.29 is 31.5 Å². The van der Waals surface area contributed by atoms with Gasteiger partial charge in [-0.25, -0.2) is 17.2 Å². The molecular formula is C22H19F2N3O5S. The van der Waals surface area contributed by atoms with Gasteiger partial charge in [0.25, 0.3) is 21.8 Å². The fourth-order valence-corrected chi connectivity index (χ4v) is 3.79. The van der Waals surface area contributed by atoms with Gasteiger partial charge in [0.1, 0.15) is 17.4 Å². The van der Waals surface area contributed by atoms with E-state index in [1.807, 2.05) is 12.3 Å². The first kappa shape index (κ1) is 23.7. The van der Waals surface area contributed by atoms with Crippen LogP contribution in [-0.4, -0.2) is 26.8 Å². The van der Waals surface area contributed by atoms with E-state index in [1.165, 1.54) is 48.5 Å². The number of nitrogens with one attached hydrogen (secondary N) is 3. The number of halogens is 2. The second kappa shape index (κ2) is 10.1. The zero-order valence-electron chi connectivity index (χ0n) is 17.3. The van der Waals surface area contributed by atoms with Crippen molar-refractivity contribution in [2.24, 2.45) is 0 Å². The lowest BCUT2D eigenvalue weighted by Gasteiger charge is -2.10. The molecule has 0 saturated carbocycles. The molecule has 8 nitrogen and oxygen atoms in total. The number of hydrogen-bond donors (Lipinski definition) is 3. The van der Waals surface area contributed by atoms with Crippen LogP contribution in [0.15, 0.2) is 71.6 Å². The van der Waals surface area contributed by atoms with E-state index >= 15 is 0 Å². The van der Waals surface area contributed by atoms with Crippen LogP contribution in [0.5, 0.6) is 5.75 Å². The van der Waals surface area contributed by atoms with Gasteiger partial charge in [-0.1, -0.05) is 0 Å². The first-order valence-corrected chi connectivity index (χ1v) is 11.1. The van der Waals surface area contributed by atoms with E-state index in [2.05, 4.69) is 10.1 Å². The van der Waals surface area contributed by atoms with Crippen molar-refractivity contribution in [3.63, 3.8) is 0 Å². The minimum Gasteiger partial charge on any atom is -0.494 e. The van der Waals surface area contributed by atoms with Crippen LogP contribution >= 0.6 is 0 Å². The number of rotatable bonds is 7. The number of carbonyl (C=O) groups excluding carboxylic acids is 2. The first-order valence-electron chi connectivity index (χ1n) is 9.60. The van der Waals surface area contributed by atoms with Crippen LogP contribution in [0.3, 0.4) is 0 Å². The van der Waals surface area contributed by atoms with Gasteiger partial charge >= 0.3 is 0 Å². The second-order valence-corrected chi connectivity index (χ2v) is 8.34. The standard InChI is InChI=1S/C22H19F2N3O5S/c1-2-32-19-7-9-20(10-8-19)33(30,31)27-18-5-3-14(4-6-18)21(28)25-26-22(29)15-11-16(23)13-17(24)12-15/h3-13,27H,2H2,1H3,(H,25,28)(H,26,29). The van der Waals surface area contributed by atoms with Gasteiger partial charge in [-0.15, -0.1) is 0 Å². The highest BCUT2D eigenvalue weighted by atomic mass is 32.2. The molecule has 0 unspecified atom stereocenters. The van der Waals surface area contributed by atoms with E-state index in [4.69, 9.17) is 4.74 Å². The lowest BCUT2D eigenvalue weighted by molar-refractivity contribution is 0.0846. The molecule has 172 valence electrons. The molecule has 3 rings (SSSR count). The van der Waals surface area contributed by atoms with Crippen LogP contribution in [0.4, 0.5) is 14.5 Å². The van der Waals surface area contributed by atoms with Crippen molar-refractivity contribution in [1.82, 2.24) is 10.9 Å². The molecule has 2 amide bonds. The zero-order chi connectivity index (χ0) is 24.0. The Bertz CT molecular complexity index is 1240. The van der Waals surface area contributed by atoms with Crippen molar-refractivity contribution in [3.8, 4) is 5.75 Å². The Morgan fingerprint density at radius 2 is 1.36 bits per heavy atom. The highest BCUT2D eigenvalue weighted by Gasteiger charge is 2.15. The summed E-state index contributed by atoms with van der Waals surface area (Å²) >= 11 is 0. The number of benzene rings is 3. The van der Waals surface area contributed by atoms with E-state index in [-0.39, 0.29) is 21.7 Å². The largest absolute Gasteiger partial charge is 0.494 e. The van der Waals surface area contributed by atoms with Crippen LogP contribution in [-0.2, 0) is 10.0 Å². The molecule has 11 heteroatoms. The third-order valence-corrected chi connectivity index (χ3v) is 5.66. The van der Waals surface area contributed by atoms with Crippen LogP contribution < -0.4 is 20.3 Å². The van der Waals surface area contributed by atoms with Crippen molar-refractivity contribution in [2.75, 3.05) is 11.3 Å². The Kier molecular flexibility index (Phi) is 7.23. The quantitative estimate of drug-likeness (QED) is 0.454. The normalized spacial score (nSPS) is 10.9. The van der Waals surface area contributed by atoms with E-state index in [1.54, 1.807) is 0 Å². The van der Waals surface area contributed by atoms with Crippen LogP contribution in [0.25, 0.3) is 0 Å². The lowest BCUT2D eigenvalue weighted by atomic mass is 10.2. The summed E-state index contributed by atoms with van der Waals surface area (Å²) in [5.74, 6) is -2.96. The van der Waals surface area contributed by atoms with Crippen molar-refractivity contribution >= 4 is 27.5 Å². The van der Waals surface area contributed by atoms with Gasteiger partial charge in [-0.3, -0.25) is 25.2 Å². The highest BCUT2D eigenvalue weighted by Crippen LogP contribution is 2.20. The van der Waals surface area contributed by atoms with E-state index in [0.29, 0.717) is 18.4 Å². The van der Waals surface area contributed by atoms with E-state index in [9.17, 15) is 26.8 Å². The molecule has 3 aromatic rings. The van der Waals surface area contributed by atoms with E-state index in [0.717, 1.165) is 12.1 Å². The fraction of sp³-hybridized carbons (Fsp3) is 0.0909. The molecule has 0 fully saturated rings. The molecule has 0 spiro atoms. The Morgan fingerprint density at radius 3 is 1.91 bits per heavy atom. The summed E-state index contributed by atoms with van der Waals surface area (Å²) in [5, 5.41) is 0. The molecule has 0 atom stereocenters. The number of hydrogen-bond acceptors (Lipinski definition) is 5. The Labute approximate surface area is 188 Å². The summed E-state index contributed by atoms with van der Waals surface area (Å²) in [6.07, 6.45) is 0. The fourth-order valence-electron chi connectivity index (χ4n) is 2.73. The summed E-state index contributed by atoms with van der Waals surface area (Å²) in [6, 6.07) is 13.5. The van der Waals surface area contributed by atoms with Crippen LogP contribution in [0.2, 0.25) is 0 Å². The van der Waals surface area contributed by atoms with Crippen LogP contribution in [0.1, 0.15) is 27.6 Å². The average molecular weight is 475 g/mol. The Morgan fingerprint density at radius 1 is 0.818 bits per heavy atom. The maximum atomic E-state index is 13.2. The highest BCUT2D eigenvalue weighted by molar-refractivity contribution is 7.92. The molecule has 3 N–H and O–H groups in total. The van der Waals surface area contributed by atoms with Gasteiger partial charge in [0, 0.05) is 22.9 Å². The monoisotopic (exact) mass is 475 g/mol. The molecule has 3 aromatic carbocycles. The zero-order valence-corrected chi connectivity index (χ0v) is 18.1. The topological polar surface area (TPSA) is 114 Å². The third-order valence-electron chi connectivity index (χ3n) is 4.26. The lowest BCUT2D eigenvalue weighted by Crippen LogP contribution is -2.41. The molecule has 0 aliphatic carbocycles. The number of amides is 2. The molecule has 0 saturated heterocycles. The van der Waals surface area contributed by atoms with E-state index < -0.39 is 33.5 Å². The van der Waals surface area contributed by atoms with Gasteiger partial charge in [0.15, 0.2) is 0 Å². The molecule has 33 heavy (non-hydrogen) atoms. The predicted molar refractivity (Wildman–Crippen MR) is 116 cm³/mol. The maximum absolute atomic E-state index is 13.2. The summed E-state index contributed by atoms with van der Waals surface area (Å²) < 4.78 is 59.1. The van der Waals surface area contributed by atoms with Crippen molar-refractivity contribution in [1.29, 1.82) is 0 Å². The van der Waals surface area contributed by atoms with Crippen molar-refractivity contribution in [2.45, 2.75) is 11.8 Å². The molecule has 0 aliphatic rings. The molecule has 0 radical (unpaired) electrons. The summed E-state index contributed by atoms with van der Waals surface area (Å²) in [4.78, 5) is 24.2. The molecule has 0 heterocycles. The minimum atomic E-state index is -3.86. The number of anilines is 1. The third kappa shape index (κ3) is 6.26. The van der Waals surface area contributed by atoms with Crippen LogP contribution in [0, 0.1) is 11.6 Å². The predicted octanol–water partition coefficient (Wildman–Crippen LogP) is 3.24. The van der Waals surface area contributed by atoms with Gasteiger partial charge in [0.2, 0.25) is 0 Å². The minimum absolute atomic E-state index is 0.0317. The SMILES string of the molecule is CCOc1ccc(S(=O)(=O)Nc2ccc(C(=O)NNC(=O)c3cc(F)cc(F)c3)cc2)cc1. The first-order chi connectivity index (χ1) is 15.7. The Balaban J connectivity index is 1.60. The number of ether oxygens (including phenoxy) is 1. The number of carbonyl (C=O) groups is 2. The second-order valence-electron chi connectivity index (χ2n) is 6.65. The molecule has 0 aromatic heterocycles.